The summed E-state index contributed by atoms with van der Waals surface area (Å²) in [6.07, 6.45) is -0.129. The molecule has 0 bridgehead atoms. The Balaban J connectivity index is 1.85. The van der Waals surface area contributed by atoms with Crippen molar-refractivity contribution >= 4 is 11.6 Å². The molecule has 6 heteroatoms. The Labute approximate surface area is 132 Å². The first-order valence-electron chi connectivity index (χ1n) is 7.17. The zero-order valence-corrected chi connectivity index (χ0v) is 12.4. The van der Waals surface area contributed by atoms with E-state index >= 15 is 0 Å². The molecule has 0 radical (unpaired) electrons. The largest absolute Gasteiger partial charge is 0.487 e. The second-order valence-electron chi connectivity index (χ2n) is 5.21. The highest BCUT2D eigenvalue weighted by atomic mass is 19.3. The maximum Gasteiger partial charge on any atom is 0.387 e. The topological polar surface area (TPSA) is 38.8 Å². The minimum absolute atomic E-state index is 0.0206. The summed E-state index contributed by atoms with van der Waals surface area (Å²) in [5, 5.41) is 0. The first kappa shape index (κ1) is 15.3. The molecule has 23 heavy (non-hydrogen) atoms. The highest BCUT2D eigenvalue weighted by Crippen LogP contribution is 2.34. The molecule has 0 fully saturated rings. The molecule has 4 nitrogen and oxygen atoms in total. The van der Waals surface area contributed by atoms with Gasteiger partial charge in [-0.2, -0.15) is 8.78 Å². The van der Waals surface area contributed by atoms with Crippen LogP contribution >= 0.6 is 0 Å². The lowest BCUT2D eigenvalue weighted by atomic mass is 10.1. The summed E-state index contributed by atoms with van der Waals surface area (Å²) in [6.45, 7) is -0.579. The molecule has 1 unspecified atom stereocenters. The van der Waals surface area contributed by atoms with Gasteiger partial charge in [0.25, 0.3) is 5.91 Å². The van der Waals surface area contributed by atoms with E-state index in [1.54, 1.807) is 4.90 Å². The Morgan fingerprint density at radius 1 is 1.22 bits per heavy atom. The second-order valence-corrected chi connectivity index (χ2v) is 5.21. The lowest BCUT2D eigenvalue weighted by molar-refractivity contribution is -0.0498. The van der Waals surface area contributed by atoms with Crippen LogP contribution in [0.15, 0.2) is 48.5 Å². The number of benzene rings is 2. The van der Waals surface area contributed by atoms with E-state index in [1.807, 2.05) is 31.2 Å². The van der Waals surface area contributed by atoms with E-state index in [0.29, 0.717) is 23.5 Å². The lowest BCUT2D eigenvalue weighted by Crippen LogP contribution is -2.42. The van der Waals surface area contributed by atoms with Crippen LogP contribution in [0, 0.1) is 0 Å². The maximum absolute atomic E-state index is 12.7. The van der Waals surface area contributed by atoms with Gasteiger partial charge in [-0.3, -0.25) is 4.79 Å². The Morgan fingerprint density at radius 2 is 1.91 bits per heavy atom. The van der Waals surface area contributed by atoms with Crippen LogP contribution in [0.3, 0.4) is 0 Å². The number of para-hydroxylation sites is 2. The van der Waals surface area contributed by atoms with Crippen molar-refractivity contribution in [2.45, 2.75) is 19.6 Å². The van der Waals surface area contributed by atoms with Gasteiger partial charge < -0.3 is 14.4 Å². The molecule has 3 rings (SSSR count). The Morgan fingerprint density at radius 3 is 2.61 bits per heavy atom. The quantitative estimate of drug-likeness (QED) is 0.865. The molecule has 0 spiro atoms. The number of nitrogens with zero attached hydrogens (tertiary/aromatic N) is 1. The molecule has 1 atom stereocenters. The van der Waals surface area contributed by atoms with E-state index in [2.05, 4.69) is 4.74 Å². The van der Waals surface area contributed by atoms with Gasteiger partial charge in [0.05, 0.1) is 12.2 Å². The molecule has 0 aromatic heterocycles. The molecule has 0 aliphatic carbocycles. The molecule has 1 heterocycles. The van der Waals surface area contributed by atoms with E-state index in [-0.39, 0.29) is 17.8 Å². The van der Waals surface area contributed by atoms with Crippen molar-refractivity contribution in [1.29, 1.82) is 0 Å². The average molecular weight is 319 g/mol. The molecular weight excluding hydrogens is 304 g/mol. The summed E-state index contributed by atoms with van der Waals surface area (Å²) >= 11 is 0. The van der Waals surface area contributed by atoms with E-state index in [1.165, 1.54) is 24.3 Å². The molecule has 0 saturated heterocycles. The Hall–Kier alpha value is -2.63. The Bertz CT molecular complexity index is 703. The van der Waals surface area contributed by atoms with Gasteiger partial charge in [-0.1, -0.05) is 12.1 Å². The number of hydrogen-bond donors (Lipinski definition) is 0. The monoisotopic (exact) mass is 319 g/mol. The Kier molecular flexibility index (Phi) is 4.14. The summed E-state index contributed by atoms with van der Waals surface area (Å²) < 4.78 is 34.3. The third-order valence-electron chi connectivity index (χ3n) is 3.50. The van der Waals surface area contributed by atoms with Gasteiger partial charge in [0, 0.05) is 5.56 Å². The molecule has 2 aromatic rings. The van der Waals surface area contributed by atoms with E-state index < -0.39 is 6.61 Å². The summed E-state index contributed by atoms with van der Waals surface area (Å²) in [6, 6.07) is 13.0. The number of alkyl halides is 2. The number of ether oxygens (including phenoxy) is 2. The molecule has 0 N–H and O–H groups in total. The third kappa shape index (κ3) is 3.26. The maximum atomic E-state index is 12.7. The van der Waals surface area contributed by atoms with Gasteiger partial charge in [0.2, 0.25) is 0 Å². The molecule has 1 aliphatic rings. The number of amides is 1. The molecule has 1 amide bonds. The zero-order chi connectivity index (χ0) is 16.4. The lowest BCUT2D eigenvalue weighted by Gasteiger charge is -2.33. The van der Waals surface area contributed by atoms with E-state index in [9.17, 15) is 13.6 Å². The third-order valence-corrected chi connectivity index (χ3v) is 3.50. The summed E-state index contributed by atoms with van der Waals surface area (Å²) in [5.41, 5.74) is 1.10. The zero-order valence-electron chi connectivity index (χ0n) is 12.4. The van der Waals surface area contributed by atoms with Crippen molar-refractivity contribution in [1.82, 2.24) is 0 Å². The number of rotatable bonds is 3. The minimum atomic E-state index is -2.89. The van der Waals surface area contributed by atoms with Gasteiger partial charge in [0.15, 0.2) is 0 Å². The van der Waals surface area contributed by atoms with Crippen LogP contribution in [0.5, 0.6) is 11.5 Å². The normalized spacial score (nSPS) is 16.7. The van der Waals surface area contributed by atoms with Crippen LogP contribution in [-0.2, 0) is 0 Å². The number of carbonyl (C=O) groups is 1. The SMILES string of the molecule is CC1CN(C(=O)c2ccc(OC(F)F)cc2)c2ccccc2O1. The first-order valence-corrected chi connectivity index (χ1v) is 7.17. The van der Waals surface area contributed by atoms with Gasteiger partial charge in [-0.05, 0) is 43.3 Å². The van der Waals surface area contributed by atoms with Crippen molar-refractivity contribution in [3.05, 3.63) is 54.1 Å². The summed E-state index contributed by atoms with van der Waals surface area (Å²) in [7, 11) is 0. The predicted molar refractivity (Wildman–Crippen MR) is 81.3 cm³/mol. The molecular formula is C17H15F2NO3. The first-order chi connectivity index (χ1) is 11.0. The van der Waals surface area contributed by atoms with E-state index in [0.717, 1.165) is 0 Å². The van der Waals surface area contributed by atoms with Crippen LogP contribution in [-0.4, -0.2) is 25.2 Å². The van der Waals surface area contributed by atoms with Gasteiger partial charge in [-0.25, -0.2) is 0 Å². The van der Waals surface area contributed by atoms with E-state index in [4.69, 9.17) is 4.74 Å². The average Bonchev–Trinajstić information content (AvgIpc) is 2.53. The van der Waals surface area contributed by atoms with Crippen molar-refractivity contribution in [2.24, 2.45) is 0 Å². The van der Waals surface area contributed by atoms with Crippen LogP contribution in [0.2, 0.25) is 0 Å². The van der Waals surface area contributed by atoms with Gasteiger partial charge in [-0.15, -0.1) is 0 Å². The van der Waals surface area contributed by atoms with Crippen LogP contribution in [0.1, 0.15) is 17.3 Å². The second kappa shape index (κ2) is 6.24. The summed E-state index contributed by atoms with van der Waals surface area (Å²) in [4.78, 5) is 14.4. The highest BCUT2D eigenvalue weighted by Gasteiger charge is 2.28. The standard InChI is InChI=1S/C17H15F2NO3/c1-11-10-20(14-4-2-3-5-15(14)22-11)16(21)12-6-8-13(9-7-12)23-17(18)19/h2-9,11,17H,10H2,1H3. The number of carbonyl (C=O) groups excluding carboxylic acids is 1. The smallest absolute Gasteiger partial charge is 0.387 e. The number of halogens is 2. The molecule has 2 aromatic carbocycles. The van der Waals surface area contributed by atoms with Crippen LogP contribution in [0.4, 0.5) is 14.5 Å². The fourth-order valence-electron chi connectivity index (χ4n) is 2.52. The van der Waals surface area contributed by atoms with Gasteiger partial charge in [0.1, 0.15) is 17.6 Å². The van der Waals surface area contributed by atoms with Crippen molar-refractivity contribution in [2.75, 3.05) is 11.4 Å². The fourth-order valence-corrected chi connectivity index (χ4v) is 2.52. The molecule has 0 saturated carbocycles. The van der Waals surface area contributed by atoms with Crippen LogP contribution < -0.4 is 14.4 Å². The summed E-state index contributed by atoms with van der Waals surface area (Å²) in [5.74, 6) is 0.459. The molecule has 1 aliphatic heterocycles. The predicted octanol–water partition coefficient (Wildman–Crippen LogP) is 3.72. The fraction of sp³-hybridized carbons (Fsp3) is 0.235. The number of hydrogen-bond acceptors (Lipinski definition) is 3. The number of anilines is 1. The van der Waals surface area contributed by atoms with Crippen molar-refractivity contribution in [3.63, 3.8) is 0 Å². The van der Waals surface area contributed by atoms with Crippen molar-refractivity contribution in [3.8, 4) is 11.5 Å². The molecule has 120 valence electrons. The minimum Gasteiger partial charge on any atom is -0.487 e. The highest BCUT2D eigenvalue weighted by molar-refractivity contribution is 6.07. The van der Waals surface area contributed by atoms with Gasteiger partial charge >= 0.3 is 6.61 Å². The van der Waals surface area contributed by atoms with Crippen molar-refractivity contribution < 1.29 is 23.0 Å². The van der Waals surface area contributed by atoms with Crippen LogP contribution in [0.25, 0.3) is 0 Å². The number of fused-ring (bicyclic) bond motifs is 1.